The standard InChI is InChI=1S/C17H18N2O5S/c1-19(2)16(20)12-24-17(21)13-8-10-15(11-9-13)25(22,23)18-14-6-4-3-5-7-14/h3-11,18H,12H2,1-2H3. The highest BCUT2D eigenvalue weighted by Crippen LogP contribution is 2.16. The summed E-state index contributed by atoms with van der Waals surface area (Å²) in [6, 6.07) is 13.7. The van der Waals surface area contributed by atoms with E-state index in [0.717, 1.165) is 0 Å². The molecular formula is C17H18N2O5S. The number of carbonyl (C=O) groups is 2. The molecule has 0 aliphatic rings. The molecular weight excluding hydrogens is 344 g/mol. The van der Waals surface area contributed by atoms with Crippen LogP contribution in [0.4, 0.5) is 5.69 Å². The third kappa shape index (κ3) is 5.05. The van der Waals surface area contributed by atoms with Crippen molar-refractivity contribution in [2.45, 2.75) is 4.90 Å². The van der Waals surface area contributed by atoms with Crippen LogP contribution in [-0.2, 0) is 19.6 Å². The van der Waals surface area contributed by atoms with E-state index in [1.54, 1.807) is 44.4 Å². The molecule has 0 fully saturated rings. The molecule has 0 aromatic heterocycles. The number of rotatable bonds is 6. The highest BCUT2D eigenvalue weighted by Gasteiger charge is 2.16. The molecule has 0 radical (unpaired) electrons. The summed E-state index contributed by atoms with van der Waals surface area (Å²) < 4.78 is 31.9. The lowest BCUT2D eigenvalue weighted by Gasteiger charge is -2.11. The van der Waals surface area contributed by atoms with Gasteiger partial charge in [0.25, 0.3) is 15.9 Å². The third-order valence-electron chi connectivity index (χ3n) is 3.25. The van der Waals surface area contributed by atoms with Crippen molar-refractivity contribution in [1.29, 1.82) is 0 Å². The molecule has 0 unspecified atom stereocenters. The van der Waals surface area contributed by atoms with E-state index in [1.165, 1.54) is 29.2 Å². The predicted molar refractivity (Wildman–Crippen MR) is 92.7 cm³/mol. The highest BCUT2D eigenvalue weighted by atomic mass is 32.2. The van der Waals surface area contributed by atoms with E-state index in [4.69, 9.17) is 4.74 Å². The number of likely N-dealkylation sites (N-methyl/N-ethyl adjacent to an activating group) is 1. The van der Waals surface area contributed by atoms with Gasteiger partial charge in [0.15, 0.2) is 6.61 Å². The molecule has 0 bridgehead atoms. The Labute approximate surface area is 146 Å². The van der Waals surface area contributed by atoms with E-state index >= 15 is 0 Å². The van der Waals surface area contributed by atoms with Crippen LogP contribution in [0.2, 0.25) is 0 Å². The van der Waals surface area contributed by atoms with Crippen LogP contribution in [0.1, 0.15) is 10.4 Å². The highest BCUT2D eigenvalue weighted by molar-refractivity contribution is 7.92. The second kappa shape index (κ2) is 7.80. The van der Waals surface area contributed by atoms with Gasteiger partial charge in [-0.3, -0.25) is 9.52 Å². The molecule has 0 spiro atoms. The number of hydrogen-bond acceptors (Lipinski definition) is 5. The number of amides is 1. The SMILES string of the molecule is CN(C)C(=O)COC(=O)c1ccc(S(=O)(=O)Nc2ccccc2)cc1. The van der Waals surface area contributed by atoms with Crippen LogP contribution in [0.5, 0.6) is 0 Å². The predicted octanol–water partition coefficient (Wildman–Crippen LogP) is 1.73. The van der Waals surface area contributed by atoms with Crippen LogP contribution in [0.15, 0.2) is 59.5 Å². The minimum absolute atomic E-state index is 0.0114. The van der Waals surface area contributed by atoms with Gasteiger partial charge in [0.1, 0.15) is 0 Å². The molecule has 25 heavy (non-hydrogen) atoms. The maximum atomic E-state index is 12.3. The number of ether oxygens (including phenoxy) is 1. The van der Waals surface area contributed by atoms with Crippen LogP contribution < -0.4 is 4.72 Å². The Bertz CT molecular complexity index is 846. The molecule has 132 valence electrons. The van der Waals surface area contributed by atoms with Crippen molar-refractivity contribution >= 4 is 27.6 Å². The molecule has 1 N–H and O–H groups in total. The average Bonchev–Trinajstić information content (AvgIpc) is 2.59. The van der Waals surface area contributed by atoms with E-state index < -0.39 is 16.0 Å². The molecule has 0 saturated heterocycles. The van der Waals surface area contributed by atoms with E-state index in [2.05, 4.69) is 4.72 Å². The van der Waals surface area contributed by atoms with Gasteiger partial charge in [-0.15, -0.1) is 0 Å². The molecule has 0 atom stereocenters. The zero-order valence-electron chi connectivity index (χ0n) is 13.8. The van der Waals surface area contributed by atoms with Gasteiger partial charge in [-0.2, -0.15) is 0 Å². The summed E-state index contributed by atoms with van der Waals surface area (Å²) in [5.74, 6) is -1.05. The number of para-hydroxylation sites is 1. The van der Waals surface area contributed by atoms with Crippen molar-refractivity contribution in [2.75, 3.05) is 25.4 Å². The number of carbonyl (C=O) groups excluding carboxylic acids is 2. The smallest absolute Gasteiger partial charge is 0.338 e. The molecule has 0 heterocycles. The Morgan fingerprint density at radius 2 is 1.60 bits per heavy atom. The van der Waals surface area contributed by atoms with Gasteiger partial charge in [-0.05, 0) is 36.4 Å². The van der Waals surface area contributed by atoms with Crippen molar-refractivity contribution in [3.05, 3.63) is 60.2 Å². The molecule has 0 aliphatic heterocycles. The van der Waals surface area contributed by atoms with Gasteiger partial charge < -0.3 is 9.64 Å². The van der Waals surface area contributed by atoms with Crippen LogP contribution in [0, 0.1) is 0 Å². The summed E-state index contributed by atoms with van der Waals surface area (Å²) in [5.41, 5.74) is 0.596. The monoisotopic (exact) mass is 362 g/mol. The number of nitrogens with zero attached hydrogens (tertiary/aromatic N) is 1. The fraction of sp³-hybridized carbons (Fsp3) is 0.176. The van der Waals surface area contributed by atoms with Crippen molar-refractivity contribution in [3.8, 4) is 0 Å². The summed E-state index contributed by atoms with van der Waals surface area (Å²) in [4.78, 5) is 24.6. The zero-order valence-corrected chi connectivity index (χ0v) is 14.6. The fourth-order valence-electron chi connectivity index (χ4n) is 1.83. The number of esters is 1. The normalized spacial score (nSPS) is 10.8. The lowest BCUT2D eigenvalue weighted by atomic mass is 10.2. The Kier molecular flexibility index (Phi) is 5.76. The number of anilines is 1. The van der Waals surface area contributed by atoms with Gasteiger partial charge in [0.05, 0.1) is 10.5 Å². The van der Waals surface area contributed by atoms with Gasteiger partial charge >= 0.3 is 5.97 Å². The average molecular weight is 362 g/mol. The quantitative estimate of drug-likeness (QED) is 0.790. The van der Waals surface area contributed by atoms with E-state index in [0.29, 0.717) is 5.69 Å². The lowest BCUT2D eigenvalue weighted by Crippen LogP contribution is -2.27. The Morgan fingerprint density at radius 1 is 1.00 bits per heavy atom. The maximum absolute atomic E-state index is 12.3. The number of nitrogens with one attached hydrogen (secondary N) is 1. The van der Waals surface area contributed by atoms with Crippen LogP contribution >= 0.6 is 0 Å². The van der Waals surface area contributed by atoms with Gasteiger partial charge in [-0.25, -0.2) is 13.2 Å². The molecule has 7 nitrogen and oxygen atoms in total. The minimum Gasteiger partial charge on any atom is -0.452 e. The van der Waals surface area contributed by atoms with Gasteiger partial charge in [0, 0.05) is 19.8 Å². The molecule has 0 saturated carbocycles. The minimum atomic E-state index is -3.76. The molecule has 2 aromatic rings. The first-order chi connectivity index (χ1) is 11.8. The summed E-state index contributed by atoms with van der Waals surface area (Å²) in [6.07, 6.45) is 0. The van der Waals surface area contributed by atoms with E-state index in [9.17, 15) is 18.0 Å². The number of sulfonamides is 1. The van der Waals surface area contributed by atoms with Gasteiger partial charge in [-0.1, -0.05) is 18.2 Å². The fourth-order valence-corrected chi connectivity index (χ4v) is 2.89. The van der Waals surface area contributed by atoms with Crippen LogP contribution in [0.3, 0.4) is 0 Å². The maximum Gasteiger partial charge on any atom is 0.338 e. The second-order valence-corrected chi connectivity index (χ2v) is 7.04. The first-order valence-corrected chi connectivity index (χ1v) is 8.83. The molecule has 2 aromatic carbocycles. The van der Waals surface area contributed by atoms with Crippen molar-refractivity contribution in [2.24, 2.45) is 0 Å². The van der Waals surface area contributed by atoms with Crippen molar-refractivity contribution in [3.63, 3.8) is 0 Å². The Hall–Kier alpha value is -2.87. The number of hydrogen-bond donors (Lipinski definition) is 1. The Morgan fingerprint density at radius 3 is 2.16 bits per heavy atom. The first-order valence-electron chi connectivity index (χ1n) is 7.35. The van der Waals surface area contributed by atoms with Crippen molar-refractivity contribution < 1.29 is 22.7 Å². The lowest BCUT2D eigenvalue weighted by molar-refractivity contribution is -0.131. The first kappa shape index (κ1) is 18.5. The topological polar surface area (TPSA) is 92.8 Å². The zero-order chi connectivity index (χ0) is 18.4. The summed E-state index contributed by atoms with van der Waals surface area (Å²) in [5, 5.41) is 0. The van der Waals surface area contributed by atoms with E-state index in [-0.39, 0.29) is 23.0 Å². The van der Waals surface area contributed by atoms with Crippen LogP contribution in [-0.4, -0.2) is 45.9 Å². The summed E-state index contributed by atoms with van der Waals surface area (Å²) >= 11 is 0. The van der Waals surface area contributed by atoms with Crippen LogP contribution in [0.25, 0.3) is 0 Å². The molecule has 8 heteroatoms. The van der Waals surface area contributed by atoms with Crippen molar-refractivity contribution in [1.82, 2.24) is 4.90 Å². The summed E-state index contributed by atoms with van der Waals surface area (Å²) in [6.45, 7) is -0.374. The largest absolute Gasteiger partial charge is 0.452 e. The number of benzene rings is 2. The third-order valence-corrected chi connectivity index (χ3v) is 4.65. The second-order valence-electron chi connectivity index (χ2n) is 5.36. The molecule has 0 aliphatic carbocycles. The molecule has 2 rings (SSSR count). The van der Waals surface area contributed by atoms with E-state index in [1.807, 2.05) is 0 Å². The Balaban J connectivity index is 2.06. The van der Waals surface area contributed by atoms with Gasteiger partial charge in [0.2, 0.25) is 0 Å². The molecule has 1 amide bonds. The summed E-state index contributed by atoms with van der Waals surface area (Å²) in [7, 11) is -0.653.